The topological polar surface area (TPSA) is 35.2 Å². The third kappa shape index (κ3) is 2.34. The van der Waals surface area contributed by atoms with E-state index in [0.29, 0.717) is 0 Å². The van der Waals surface area contributed by atoms with Crippen LogP contribution in [0.5, 0.6) is 5.75 Å². The second-order valence-corrected chi connectivity index (χ2v) is 5.25. The quantitative estimate of drug-likeness (QED) is 0.896. The molecule has 1 aromatic carbocycles. The second-order valence-electron chi connectivity index (χ2n) is 4.45. The number of nitrogens with two attached hydrogens (primary N) is 1. The Morgan fingerprint density at radius 3 is 2.20 bits per heavy atom. The molecule has 0 atom stereocenters. The highest BCUT2D eigenvalue weighted by Crippen LogP contribution is 2.39. The van der Waals surface area contributed by atoms with Crippen LogP contribution in [0.4, 0.5) is 0 Å². The molecule has 0 saturated heterocycles. The number of halogens is 1. The molecule has 0 aliphatic rings. The molecular weight excluding hydrogens is 254 g/mol. The van der Waals surface area contributed by atoms with E-state index < -0.39 is 5.54 Å². The average Bonchev–Trinajstić information content (AvgIpc) is 2.08. The van der Waals surface area contributed by atoms with Crippen LogP contribution in [0.15, 0.2) is 10.5 Å². The SMILES string of the molecule is COc1c(Br)c(C)cc(C)c1C(C)(C)N. The van der Waals surface area contributed by atoms with E-state index in [1.54, 1.807) is 7.11 Å². The number of methoxy groups -OCH3 is 1. The first-order valence-electron chi connectivity index (χ1n) is 4.92. The number of ether oxygens (including phenoxy) is 1. The Morgan fingerprint density at radius 2 is 1.80 bits per heavy atom. The number of aryl methyl sites for hydroxylation is 2. The summed E-state index contributed by atoms with van der Waals surface area (Å²) in [5, 5.41) is 0. The molecule has 1 aromatic rings. The van der Waals surface area contributed by atoms with Gasteiger partial charge in [-0.1, -0.05) is 6.07 Å². The van der Waals surface area contributed by atoms with Crippen LogP contribution < -0.4 is 10.5 Å². The molecule has 0 heterocycles. The van der Waals surface area contributed by atoms with Gasteiger partial charge in [0.1, 0.15) is 5.75 Å². The Balaban J connectivity index is 3.57. The van der Waals surface area contributed by atoms with Gasteiger partial charge in [-0.25, -0.2) is 0 Å². The van der Waals surface area contributed by atoms with Gasteiger partial charge in [-0.05, 0) is 54.8 Å². The van der Waals surface area contributed by atoms with Crippen molar-refractivity contribution in [2.45, 2.75) is 33.2 Å². The fourth-order valence-electron chi connectivity index (χ4n) is 1.92. The van der Waals surface area contributed by atoms with Crippen molar-refractivity contribution in [3.8, 4) is 5.75 Å². The van der Waals surface area contributed by atoms with Crippen molar-refractivity contribution >= 4 is 15.9 Å². The maximum Gasteiger partial charge on any atom is 0.138 e. The van der Waals surface area contributed by atoms with Crippen molar-refractivity contribution in [2.24, 2.45) is 5.73 Å². The molecule has 0 amide bonds. The zero-order valence-electron chi connectivity index (χ0n) is 9.94. The molecule has 84 valence electrons. The van der Waals surface area contributed by atoms with Crippen molar-refractivity contribution < 1.29 is 4.74 Å². The van der Waals surface area contributed by atoms with E-state index >= 15 is 0 Å². The molecule has 1 rings (SSSR count). The molecular formula is C12H18BrNO. The maximum absolute atomic E-state index is 6.15. The second kappa shape index (κ2) is 4.14. The van der Waals surface area contributed by atoms with E-state index in [4.69, 9.17) is 10.5 Å². The van der Waals surface area contributed by atoms with Crippen molar-refractivity contribution in [1.82, 2.24) is 0 Å². The Labute approximate surface area is 99.9 Å². The minimum Gasteiger partial charge on any atom is -0.495 e. The molecule has 0 bridgehead atoms. The monoisotopic (exact) mass is 271 g/mol. The van der Waals surface area contributed by atoms with E-state index in [9.17, 15) is 0 Å². The van der Waals surface area contributed by atoms with Crippen LogP contribution in [0.3, 0.4) is 0 Å². The van der Waals surface area contributed by atoms with E-state index in [-0.39, 0.29) is 0 Å². The molecule has 2 N–H and O–H groups in total. The summed E-state index contributed by atoms with van der Waals surface area (Å²) in [7, 11) is 1.67. The fourth-order valence-corrected chi connectivity index (χ4v) is 2.40. The highest BCUT2D eigenvalue weighted by atomic mass is 79.9. The van der Waals surface area contributed by atoms with Crippen LogP contribution in [0.2, 0.25) is 0 Å². The van der Waals surface area contributed by atoms with Gasteiger partial charge in [0.05, 0.1) is 11.6 Å². The van der Waals surface area contributed by atoms with Crippen molar-refractivity contribution in [1.29, 1.82) is 0 Å². The molecule has 0 spiro atoms. The first kappa shape index (κ1) is 12.5. The normalized spacial score (nSPS) is 11.7. The summed E-state index contributed by atoms with van der Waals surface area (Å²) in [5.41, 5.74) is 9.14. The molecule has 0 aliphatic carbocycles. The largest absolute Gasteiger partial charge is 0.495 e. The standard InChI is InChI=1S/C12H18BrNO/c1-7-6-8(2)10(13)11(15-5)9(7)12(3,4)14/h6H,14H2,1-5H3. The van der Waals surface area contributed by atoms with Gasteiger partial charge in [0.25, 0.3) is 0 Å². The number of hydrogen-bond acceptors (Lipinski definition) is 2. The van der Waals surface area contributed by atoms with Crippen LogP contribution in [0, 0.1) is 13.8 Å². The predicted molar refractivity (Wildman–Crippen MR) is 67.4 cm³/mol. The predicted octanol–water partition coefficient (Wildman–Crippen LogP) is 3.27. The number of benzene rings is 1. The van der Waals surface area contributed by atoms with E-state index in [1.807, 2.05) is 20.8 Å². The summed E-state index contributed by atoms with van der Waals surface area (Å²) in [6.07, 6.45) is 0. The molecule has 3 heteroatoms. The van der Waals surface area contributed by atoms with Crippen molar-refractivity contribution in [3.05, 3.63) is 27.2 Å². The summed E-state index contributed by atoms with van der Waals surface area (Å²) >= 11 is 3.54. The van der Waals surface area contributed by atoms with Crippen molar-refractivity contribution in [3.63, 3.8) is 0 Å². The van der Waals surface area contributed by atoms with Crippen LogP contribution in [-0.4, -0.2) is 7.11 Å². The van der Waals surface area contributed by atoms with Crippen LogP contribution in [-0.2, 0) is 5.54 Å². The number of hydrogen-bond donors (Lipinski definition) is 1. The summed E-state index contributed by atoms with van der Waals surface area (Å²) in [6.45, 7) is 8.08. The fraction of sp³-hybridized carbons (Fsp3) is 0.500. The molecule has 15 heavy (non-hydrogen) atoms. The van der Waals surface area contributed by atoms with Crippen molar-refractivity contribution in [2.75, 3.05) is 7.11 Å². The summed E-state index contributed by atoms with van der Waals surface area (Å²) in [6, 6.07) is 2.12. The van der Waals surface area contributed by atoms with E-state index in [2.05, 4.69) is 28.9 Å². The lowest BCUT2D eigenvalue weighted by molar-refractivity contribution is 0.390. The number of rotatable bonds is 2. The maximum atomic E-state index is 6.15. The van der Waals surface area contributed by atoms with Gasteiger partial charge in [0, 0.05) is 11.1 Å². The first-order valence-corrected chi connectivity index (χ1v) is 5.71. The lowest BCUT2D eigenvalue weighted by atomic mass is 9.89. The zero-order valence-corrected chi connectivity index (χ0v) is 11.5. The Hall–Kier alpha value is -0.540. The molecule has 0 fully saturated rings. The third-order valence-electron chi connectivity index (χ3n) is 2.45. The van der Waals surface area contributed by atoms with Gasteiger partial charge >= 0.3 is 0 Å². The van der Waals surface area contributed by atoms with Gasteiger partial charge in [0.15, 0.2) is 0 Å². The Morgan fingerprint density at radius 1 is 1.27 bits per heavy atom. The van der Waals surface area contributed by atoms with Gasteiger partial charge in [-0.15, -0.1) is 0 Å². The Kier molecular flexibility index (Phi) is 3.46. The highest BCUT2D eigenvalue weighted by Gasteiger charge is 2.24. The molecule has 0 radical (unpaired) electrons. The van der Waals surface area contributed by atoms with E-state index in [0.717, 1.165) is 21.3 Å². The molecule has 0 unspecified atom stereocenters. The molecule has 0 saturated carbocycles. The minimum absolute atomic E-state index is 0.397. The van der Waals surface area contributed by atoms with Gasteiger partial charge in [0.2, 0.25) is 0 Å². The molecule has 2 nitrogen and oxygen atoms in total. The van der Waals surface area contributed by atoms with Gasteiger partial charge < -0.3 is 10.5 Å². The summed E-state index contributed by atoms with van der Waals surface area (Å²) in [4.78, 5) is 0. The van der Waals surface area contributed by atoms with Gasteiger partial charge in [-0.2, -0.15) is 0 Å². The van der Waals surface area contributed by atoms with Gasteiger partial charge in [-0.3, -0.25) is 0 Å². The van der Waals surface area contributed by atoms with Crippen LogP contribution in [0.1, 0.15) is 30.5 Å². The highest BCUT2D eigenvalue weighted by molar-refractivity contribution is 9.10. The molecule has 0 aromatic heterocycles. The lowest BCUT2D eigenvalue weighted by Gasteiger charge is -2.26. The summed E-state index contributed by atoms with van der Waals surface area (Å²) < 4.78 is 6.43. The minimum atomic E-state index is -0.397. The Bertz CT molecular complexity index is 380. The summed E-state index contributed by atoms with van der Waals surface area (Å²) in [5.74, 6) is 0.847. The van der Waals surface area contributed by atoms with Crippen LogP contribution >= 0.6 is 15.9 Å². The molecule has 0 aliphatic heterocycles. The first-order chi connectivity index (χ1) is 6.79. The van der Waals surface area contributed by atoms with Crippen LogP contribution in [0.25, 0.3) is 0 Å². The average molecular weight is 272 g/mol. The van der Waals surface area contributed by atoms with E-state index in [1.165, 1.54) is 5.56 Å². The third-order valence-corrected chi connectivity index (χ3v) is 3.43. The lowest BCUT2D eigenvalue weighted by Crippen LogP contribution is -2.30. The smallest absolute Gasteiger partial charge is 0.138 e. The zero-order chi connectivity index (χ0) is 11.8.